The highest BCUT2D eigenvalue weighted by Crippen LogP contribution is 2.15. The quantitative estimate of drug-likeness (QED) is 0.581. The van der Waals surface area contributed by atoms with Crippen molar-refractivity contribution >= 4 is 37.7 Å². The van der Waals surface area contributed by atoms with Crippen LogP contribution in [0.15, 0.2) is 35.2 Å². The third kappa shape index (κ3) is 2.45. The van der Waals surface area contributed by atoms with E-state index in [2.05, 4.69) is 11.2 Å². The molecule has 0 saturated carbocycles. The van der Waals surface area contributed by atoms with Gasteiger partial charge < -0.3 is 4.55 Å². The zero-order valence-corrected chi connectivity index (χ0v) is 9.92. The van der Waals surface area contributed by atoms with Crippen molar-refractivity contribution in [3.05, 3.63) is 30.3 Å². The van der Waals surface area contributed by atoms with Gasteiger partial charge in [-0.2, -0.15) is 0 Å². The molecule has 0 radical (unpaired) electrons. The summed E-state index contributed by atoms with van der Waals surface area (Å²) in [6.45, 7) is 0. The summed E-state index contributed by atoms with van der Waals surface area (Å²) < 4.78 is 43.9. The largest absolute Gasteiger partial charge is 0.763 e. The van der Waals surface area contributed by atoms with E-state index in [0.717, 1.165) is 0 Å². The van der Waals surface area contributed by atoms with E-state index in [1.807, 2.05) is 0 Å². The normalized spacial score (nSPS) is 16.1. The molecule has 0 heterocycles. The first-order valence-electron chi connectivity index (χ1n) is 3.28. The van der Waals surface area contributed by atoms with Crippen LogP contribution in [0.25, 0.3) is 0 Å². The molecule has 1 aromatic rings. The van der Waals surface area contributed by atoms with Crippen LogP contribution in [0.4, 0.5) is 0 Å². The van der Waals surface area contributed by atoms with Crippen molar-refractivity contribution < 1.29 is 17.2 Å². The van der Waals surface area contributed by atoms with E-state index in [0.29, 0.717) is 0 Å². The lowest BCUT2D eigenvalue weighted by atomic mass is 10.4. The first kappa shape index (κ1) is 11.9. The molecule has 1 rings (SSSR count). The Kier molecular flexibility index (Phi) is 3.90. The number of rotatable bonds is 3. The highest BCUT2D eigenvalue weighted by molar-refractivity contribution is 9.05. The summed E-state index contributed by atoms with van der Waals surface area (Å²) >= 11 is 4.41. The van der Waals surface area contributed by atoms with Gasteiger partial charge in [-0.15, -0.1) is 0 Å². The van der Waals surface area contributed by atoms with Gasteiger partial charge in [0.25, 0.3) is 0 Å². The summed E-state index contributed by atoms with van der Waals surface area (Å²) in [6, 6.07) is 7.28. The molecule has 0 bridgehead atoms. The Morgan fingerprint density at radius 3 is 2.14 bits per heavy atom. The summed E-state index contributed by atoms with van der Waals surface area (Å²) in [5.41, 5.74) is 0. The minimum Gasteiger partial charge on any atom is -0.763 e. The smallest absolute Gasteiger partial charge is 0.244 e. The lowest BCUT2D eigenvalue weighted by Crippen LogP contribution is -2.11. The number of hydrogen-bond acceptors (Lipinski definition) is 5. The van der Waals surface area contributed by atoms with Crippen LogP contribution in [-0.2, 0) is 37.7 Å². The van der Waals surface area contributed by atoms with E-state index < -0.39 is 26.5 Å². The van der Waals surface area contributed by atoms with Crippen molar-refractivity contribution in [2.45, 2.75) is 4.90 Å². The maximum absolute atomic E-state index is 11.5. The fourth-order valence-corrected chi connectivity index (χ4v) is 5.51. The second-order valence-corrected chi connectivity index (χ2v) is 11.4. The summed E-state index contributed by atoms with van der Waals surface area (Å²) in [5, 5.41) is 0. The van der Waals surface area contributed by atoms with Crippen LogP contribution in [0.1, 0.15) is 0 Å². The van der Waals surface area contributed by atoms with Crippen LogP contribution in [-0.4, -0.2) is 17.2 Å². The molecule has 0 spiro atoms. The minimum atomic E-state index is -3.91. The van der Waals surface area contributed by atoms with E-state index in [1.54, 1.807) is 6.07 Å². The van der Waals surface area contributed by atoms with Gasteiger partial charge >= 0.3 is 0 Å². The monoisotopic (exact) mass is 269 g/mol. The zero-order valence-electron chi connectivity index (χ0n) is 6.65. The van der Waals surface area contributed by atoms with E-state index in [9.17, 15) is 17.2 Å². The molecule has 0 saturated heterocycles. The van der Waals surface area contributed by atoms with Crippen molar-refractivity contribution in [1.82, 2.24) is 0 Å². The molecule has 14 heavy (non-hydrogen) atoms. The molecule has 0 aliphatic heterocycles. The van der Waals surface area contributed by atoms with Crippen LogP contribution >= 0.6 is 0 Å². The molecular formula is C6H5O4S4-. The molecule has 0 aliphatic rings. The molecule has 8 heteroatoms. The molecule has 2 atom stereocenters. The molecule has 1 aromatic carbocycles. The average molecular weight is 269 g/mol. The van der Waals surface area contributed by atoms with Gasteiger partial charge in [-0.05, 0) is 23.3 Å². The van der Waals surface area contributed by atoms with E-state index in [-0.39, 0.29) is 4.90 Å². The third-order valence-corrected chi connectivity index (χ3v) is 10.3. The number of hydrogen-bond donors (Lipinski definition) is 0. The topological polar surface area (TPSA) is 74.3 Å². The molecule has 0 aromatic heterocycles. The van der Waals surface area contributed by atoms with Crippen LogP contribution in [0.5, 0.6) is 0 Å². The Labute approximate surface area is 89.9 Å². The Morgan fingerprint density at radius 2 is 1.71 bits per heavy atom. The van der Waals surface area contributed by atoms with Gasteiger partial charge in [-0.25, -0.2) is 8.42 Å². The Balaban J connectivity index is 3.23. The van der Waals surface area contributed by atoms with E-state index in [4.69, 9.17) is 0 Å². The second-order valence-electron chi connectivity index (χ2n) is 2.18. The van der Waals surface area contributed by atoms with E-state index >= 15 is 0 Å². The molecule has 0 aliphatic carbocycles. The maximum Gasteiger partial charge on any atom is 0.244 e. The zero-order chi connectivity index (χ0) is 10.8. The molecule has 0 amide bonds. The summed E-state index contributed by atoms with van der Waals surface area (Å²) in [5.74, 6) is 0. The fraction of sp³-hybridized carbons (Fsp3) is 0. The maximum atomic E-state index is 11.5. The Morgan fingerprint density at radius 1 is 1.21 bits per heavy atom. The molecule has 0 fully saturated rings. The highest BCUT2D eigenvalue weighted by atomic mass is 33.7. The third-order valence-electron chi connectivity index (χ3n) is 1.32. The molecule has 4 nitrogen and oxygen atoms in total. The van der Waals surface area contributed by atoms with Gasteiger partial charge in [0.05, 0.1) is 12.4 Å². The Bertz CT molecular complexity index is 464. The molecular weight excluding hydrogens is 264 g/mol. The number of benzene rings is 1. The Hall–Kier alpha value is -0.150. The van der Waals surface area contributed by atoms with Crippen molar-refractivity contribution in [3.8, 4) is 0 Å². The van der Waals surface area contributed by atoms with Gasteiger partial charge in [0.15, 0.2) is 0 Å². The van der Waals surface area contributed by atoms with Gasteiger partial charge in [0.2, 0.25) is 8.87 Å². The minimum absolute atomic E-state index is 0.0671. The van der Waals surface area contributed by atoms with Crippen molar-refractivity contribution in [3.63, 3.8) is 0 Å². The van der Waals surface area contributed by atoms with Crippen molar-refractivity contribution in [2.75, 3.05) is 0 Å². The lowest BCUT2D eigenvalue weighted by Gasteiger charge is -2.08. The summed E-state index contributed by atoms with van der Waals surface area (Å²) in [4.78, 5) is -0.0671. The predicted octanol–water partition coefficient (Wildman–Crippen LogP) is 0.250. The SMILES string of the molecule is O=S([O-])S(=S)S(=O)(=O)c1ccccc1. The van der Waals surface area contributed by atoms with Crippen LogP contribution in [0.2, 0.25) is 0 Å². The van der Waals surface area contributed by atoms with Crippen LogP contribution < -0.4 is 0 Å². The van der Waals surface area contributed by atoms with Gasteiger partial charge in [0, 0.05) is 10.1 Å². The molecule has 78 valence electrons. The predicted molar refractivity (Wildman–Crippen MR) is 57.3 cm³/mol. The van der Waals surface area contributed by atoms with Gasteiger partial charge in [-0.3, -0.25) is 4.21 Å². The highest BCUT2D eigenvalue weighted by Gasteiger charge is 2.19. The van der Waals surface area contributed by atoms with Crippen LogP contribution in [0, 0.1) is 0 Å². The average Bonchev–Trinajstić information content (AvgIpc) is 2.18. The van der Waals surface area contributed by atoms with Gasteiger partial charge in [0.1, 0.15) is 0 Å². The second kappa shape index (κ2) is 4.58. The first-order valence-corrected chi connectivity index (χ1v) is 9.02. The van der Waals surface area contributed by atoms with Gasteiger partial charge in [-0.1, -0.05) is 18.2 Å². The summed E-state index contributed by atoms with van der Waals surface area (Å²) in [6.07, 6.45) is 0. The fourth-order valence-electron chi connectivity index (χ4n) is 0.739. The molecule has 2 unspecified atom stereocenters. The lowest BCUT2D eigenvalue weighted by molar-refractivity contribution is 0.553. The van der Waals surface area contributed by atoms with Crippen molar-refractivity contribution in [2.24, 2.45) is 0 Å². The standard InChI is InChI=1S/C6H6O4S4/c7-12(8)13(11)14(9,10)6-4-2-1-3-5-6/h1-5H,(H,7,8)/p-1. The van der Waals surface area contributed by atoms with E-state index in [1.165, 1.54) is 24.3 Å². The van der Waals surface area contributed by atoms with Crippen molar-refractivity contribution in [1.29, 1.82) is 0 Å². The first-order chi connectivity index (χ1) is 6.46. The molecule has 0 N–H and O–H groups in total. The van der Waals surface area contributed by atoms with Crippen LogP contribution in [0.3, 0.4) is 0 Å². The summed E-state index contributed by atoms with van der Waals surface area (Å²) in [7, 11) is -8.79.